The Morgan fingerprint density at radius 2 is 2.38 bits per heavy atom. The van der Waals surface area contributed by atoms with Crippen LogP contribution < -0.4 is 5.32 Å². The molecule has 0 aromatic rings. The average molecular weight is 182 g/mol. The summed E-state index contributed by atoms with van der Waals surface area (Å²) in [4.78, 5) is 20.6. The summed E-state index contributed by atoms with van der Waals surface area (Å²) < 4.78 is 4.79. The van der Waals surface area contributed by atoms with Crippen molar-refractivity contribution >= 4 is 6.09 Å². The second-order valence-electron chi connectivity index (χ2n) is 2.75. The molecule has 0 radical (unpaired) electrons. The third-order valence-corrected chi connectivity index (χ3v) is 1.90. The van der Waals surface area contributed by atoms with Crippen molar-refractivity contribution < 1.29 is 14.5 Å². The average Bonchev–Trinajstić information content (AvgIpc) is 2.42. The lowest BCUT2D eigenvalue weighted by atomic mass is 10.1. The highest BCUT2D eigenvalue weighted by Gasteiger charge is 2.34. The van der Waals surface area contributed by atoms with Gasteiger partial charge in [0.1, 0.15) is 6.10 Å². The Labute approximate surface area is 73.0 Å². The molecule has 0 saturated carbocycles. The number of nitrogens with one attached hydrogen (secondary N) is 1. The molecule has 6 heteroatoms. The highest BCUT2D eigenvalue weighted by atomic mass is 16.6. The van der Waals surface area contributed by atoms with Crippen LogP contribution in [0.2, 0.25) is 0 Å². The van der Waals surface area contributed by atoms with Crippen molar-refractivity contribution in [3.63, 3.8) is 0 Å². The van der Waals surface area contributed by atoms with Crippen molar-refractivity contribution in [1.29, 1.82) is 0 Å². The summed E-state index contributed by atoms with van der Waals surface area (Å²) in [5, 5.41) is 12.8. The van der Waals surface area contributed by atoms with Crippen LogP contribution in [0.15, 0.2) is 23.9 Å². The van der Waals surface area contributed by atoms with Crippen LogP contribution in [0, 0.1) is 10.1 Å². The van der Waals surface area contributed by atoms with Crippen molar-refractivity contribution in [2.24, 2.45) is 0 Å². The molecule has 0 spiro atoms. The molecule has 13 heavy (non-hydrogen) atoms. The first-order chi connectivity index (χ1) is 6.16. The number of ether oxygens (including phenoxy) is 1. The summed E-state index contributed by atoms with van der Waals surface area (Å²) in [7, 11) is 0. The normalized spacial score (nSPS) is 30.2. The first-order valence-corrected chi connectivity index (χ1v) is 3.68. The molecule has 0 bridgehead atoms. The maximum absolute atomic E-state index is 10.7. The Morgan fingerprint density at radius 3 is 3.08 bits per heavy atom. The van der Waals surface area contributed by atoms with E-state index in [2.05, 4.69) is 5.32 Å². The number of rotatable bonds is 1. The van der Waals surface area contributed by atoms with E-state index in [0.717, 1.165) is 0 Å². The van der Waals surface area contributed by atoms with Crippen LogP contribution >= 0.6 is 0 Å². The fraction of sp³-hybridized carbons (Fsp3) is 0.286. The molecule has 1 heterocycles. The molecule has 68 valence electrons. The number of alkyl carbamates (subject to hydrolysis) is 1. The highest BCUT2D eigenvalue weighted by molar-refractivity contribution is 5.71. The minimum absolute atomic E-state index is 0.0212. The Bertz CT molecular complexity index is 333. The minimum Gasteiger partial charge on any atom is -0.439 e. The maximum atomic E-state index is 10.7. The minimum atomic E-state index is -0.541. The molecule has 1 aliphatic heterocycles. The van der Waals surface area contributed by atoms with E-state index in [1.165, 1.54) is 18.2 Å². The fourth-order valence-corrected chi connectivity index (χ4v) is 1.30. The van der Waals surface area contributed by atoms with Crippen LogP contribution in [-0.4, -0.2) is 23.2 Å². The molecule has 0 aromatic heterocycles. The predicted molar refractivity (Wildman–Crippen MR) is 41.4 cm³/mol. The van der Waals surface area contributed by atoms with Crippen LogP contribution in [0.4, 0.5) is 4.79 Å². The molecule has 1 saturated heterocycles. The number of hydrogen-bond donors (Lipinski definition) is 1. The Morgan fingerprint density at radius 1 is 1.62 bits per heavy atom. The molecule has 2 unspecified atom stereocenters. The number of fused-ring (bicyclic) bond motifs is 1. The molecular weight excluding hydrogens is 176 g/mol. The van der Waals surface area contributed by atoms with E-state index in [4.69, 9.17) is 4.74 Å². The second kappa shape index (κ2) is 2.58. The topological polar surface area (TPSA) is 81.5 Å². The van der Waals surface area contributed by atoms with Crippen molar-refractivity contribution in [1.82, 2.24) is 5.32 Å². The van der Waals surface area contributed by atoms with Gasteiger partial charge in [0.15, 0.2) is 0 Å². The number of nitro groups is 1. The van der Waals surface area contributed by atoms with Crippen LogP contribution in [0.1, 0.15) is 0 Å². The number of amides is 1. The van der Waals surface area contributed by atoms with E-state index in [9.17, 15) is 14.9 Å². The van der Waals surface area contributed by atoms with Crippen LogP contribution in [0.25, 0.3) is 0 Å². The number of carbonyl (C=O) groups is 1. The van der Waals surface area contributed by atoms with Gasteiger partial charge in [0, 0.05) is 12.2 Å². The summed E-state index contributed by atoms with van der Waals surface area (Å²) in [6, 6.07) is -0.405. The zero-order valence-corrected chi connectivity index (χ0v) is 6.47. The second-order valence-corrected chi connectivity index (χ2v) is 2.75. The van der Waals surface area contributed by atoms with E-state index >= 15 is 0 Å². The summed E-state index contributed by atoms with van der Waals surface area (Å²) in [5.41, 5.74) is -0.0212. The summed E-state index contributed by atoms with van der Waals surface area (Å²) in [5.74, 6) is 0. The van der Waals surface area contributed by atoms with Gasteiger partial charge in [-0.1, -0.05) is 0 Å². The molecule has 2 atom stereocenters. The largest absolute Gasteiger partial charge is 0.439 e. The lowest BCUT2D eigenvalue weighted by Gasteiger charge is -2.11. The van der Waals surface area contributed by atoms with E-state index in [0.29, 0.717) is 0 Å². The molecule has 2 rings (SSSR count). The quantitative estimate of drug-likeness (QED) is 0.463. The molecule has 1 amide bonds. The maximum Gasteiger partial charge on any atom is 0.408 e. The Balaban J connectivity index is 2.23. The van der Waals surface area contributed by atoms with Gasteiger partial charge in [-0.05, 0) is 6.08 Å². The lowest BCUT2D eigenvalue weighted by Crippen LogP contribution is -2.30. The molecule has 6 nitrogen and oxygen atoms in total. The van der Waals surface area contributed by atoms with Gasteiger partial charge in [-0.3, -0.25) is 10.1 Å². The van der Waals surface area contributed by atoms with E-state index in [1.807, 2.05) is 0 Å². The summed E-state index contributed by atoms with van der Waals surface area (Å²) in [6.07, 6.45) is 3.26. The van der Waals surface area contributed by atoms with Crippen molar-refractivity contribution in [2.45, 2.75) is 12.1 Å². The molecule has 1 fully saturated rings. The molecule has 2 aliphatic rings. The van der Waals surface area contributed by atoms with Gasteiger partial charge >= 0.3 is 6.09 Å². The van der Waals surface area contributed by atoms with Crippen molar-refractivity contribution in [3.05, 3.63) is 34.0 Å². The third-order valence-electron chi connectivity index (χ3n) is 1.90. The number of allylic oxidation sites excluding steroid dienone is 1. The zero-order valence-electron chi connectivity index (χ0n) is 6.47. The van der Waals surface area contributed by atoms with Crippen LogP contribution in [0.3, 0.4) is 0 Å². The lowest BCUT2D eigenvalue weighted by molar-refractivity contribution is -0.419. The zero-order chi connectivity index (χ0) is 9.42. The Kier molecular flexibility index (Phi) is 1.54. The summed E-state index contributed by atoms with van der Waals surface area (Å²) >= 11 is 0. The number of nitrogens with zero attached hydrogens (tertiary/aromatic N) is 1. The van der Waals surface area contributed by atoms with Gasteiger partial charge in [0.25, 0.3) is 5.70 Å². The molecule has 1 aliphatic carbocycles. The van der Waals surface area contributed by atoms with Crippen molar-refractivity contribution in [2.75, 3.05) is 0 Å². The number of carbonyl (C=O) groups excluding carboxylic acids is 1. The van der Waals surface area contributed by atoms with Gasteiger partial charge in [-0.25, -0.2) is 4.79 Å². The molecule has 1 N–H and O–H groups in total. The SMILES string of the molecule is O=C1NC2C=C([N+](=O)[O-])C=CC2O1. The van der Waals surface area contributed by atoms with Gasteiger partial charge in [0.2, 0.25) is 0 Å². The van der Waals surface area contributed by atoms with Crippen LogP contribution in [-0.2, 0) is 4.74 Å². The standard InChI is InChI=1S/C7H6N2O4/c10-7-8-5-3-4(9(11)12)1-2-6(5)13-7/h1-3,5-6H,(H,8,10). The predicted octanol–water partition coefficient (Wildman–Crippen LogP) is 0.194. The number of hydrogen-bond acceptors (Lipinski definition) is 4. The van der Waals surface area contributed by atoms with Gasteiger partial charge < -0.3 is 10.1 Å². The third kappa shape index (κ3) is 1.26. The highest BCUT2D eigenvalue weighted by Crippen LogP contribution is 2.18. The van der Waals surface area contributed by atoms with E-state index in [1.54, 1.807) is 0 Å². The van der Waals surface area contributed by atoms with Gasteiger partial charge in [0.05, 0.1) is 11.0 Å². The van der Waals surface area contributed by atoms with Gasteiger partial charge in [-0.15, -0.1) is 0 Å². The first-order valence-electron chi connectivity index (χ1n) is 3.68. The monoisotopic (exact) mass is 182 g/mol. The molecular formula is C7H6N2O4. The molecule has 0 aromatic carbocycles. The smallest absolute Gasteiger partial charge is 0.408 e. The van der Waals surface area contributed by atoms with E-state index < -0.39 is 23.2 Å². The fourth-order valence-electron chi connectivity index (χ4n) is 1.30. The Hall–Kier alpha value is -1.85. The first kappa shape index (κ1) is 7.78. The van der Waals surface area contributed by atoms with Gasteiger partial charge in [-0.2, -0.15) is 0 Å². The van der Waals surface area contributed by atoms with Crippen LogP contribution in [0.5, 0.6) is 0 Å². The van der Waals surface area contributed by atoms with Crippen molar-refractivity contribution in [3.8, 4) is 0 Å². The van der Waals surface area contributed by atoms with E-state index in [-0.39, 0.29) is 5.70 Å². The summed E-state index contributed by atoms with van der Waals surface area (Å²) in [6.45, 7) is 0.